The fourth-order valence-corrected chi connectivity index (χ4v) is 3.69. The molecule has 0 aromatic carbocycles. The van der Waals surface area contributed by atoms with E-state index in [-0.39, 0.29) is 6.61 Å². The van der Waals surface area contributed by atoms with Gasteiger partial charge in [-0.25, -0.2) is 4.79 Å². The molecule has 2 heterocycles. The van der Waals surface area contributed by atoms with Crippen LogP contribution in [0.4, 0.5) is 5.69 Å². The molecule has 1 aliphatic heterocycles. The van der Waals surface area contributed by atoms with Crippen LogP contribution in [0.2, 0.25) is 0 Å². The number of esters is 1. The molecular formula is C18H27BrN2O3. The van der Waals surface area contributed by atoms with Crippen LogP contribution in [0, 0.1) is 19.3 Å². The van der Waals surface area contributed by atoms with Gasteiger partial charge in [-0.05, 0) is 55.0 Å². The lowest BCUT2D eigenvalue weighted by molar-refractivity contribution is -0.153. The van der Waals surface area contributed by atoms with Gasteiger partial charge in [-0.3, -0.25) is 4.98 Å². The van der Waals surface area contributed by atoms with E-state index in [1.807, 2.05) is 13.8 Å². The number of carbonyl (C=O) groups excluding carboxylic acids is 1. The van der Waals surface area contributed by atoms with Crippen LogP contribution < -0.4 is 4.90 Å². The number of aromatic nitrogens is 1. The van der Waals surface area contributed by atoms with Crippen LogP contribution in [0.5, 0.6) is 0 Å². The van der Waals surface area contributed by atoms with E-state index < -0.39 is 12.1 Å². The van der Waals surface area contributed by atoms with Crippen molar-refractivity contribution >= 4 is 27.6 Å². The smallest absolute Gasteiger partial charge is 0.339 e. The normalized spacial score (nSPS) is 18.4. The first-order chi connectivity index (χ1) is 11.2. The molecule has 6 heteroatoms. The average molecular weight is 399 g/mol. The van der Waals surface area contributed by atoms with Crippen LogP contribution in [-0.2, 0) is 9.53 Å². The summed E-state index contributed by atoms with van der Waals surface area (Å²) in [5, 5.41) is 10.6. The van der Waals surface area contributed by atoms with E-state index in [1.54, 1.807) is 6.92 Å². The Bertz CT molecular complexity index is 621. The zero-order valence-electron chi connectivity index (χ0n) is 15.1. The Labute approximate surface area is 152 Å². The summed E-state index contributed by atoms with van der Waals surface area (Å²) in [7, 11) is 0. The molecule has 1 aromatic heterocycles. The standard InChI is InChI=1S/C18H27BrN2O3/c1-6-24-17(23)16(22)13-11(2)20-12(3)14(19)15(13)21-9-7-18(4,5)8-10-21/h16,22H,6-10H2,1-5H3. The van der Waals surface area contributed by atoms with Crippen LogP contribution in [0.3, 0.4) is 0 Å². The van der Waals surface area contributed by atoms with Crippen molar-refractivity contribution < 1.29 is 14.6 Å². The lowest BCUT2D eigenvalue weighted by Gasteiger charge is -2.40. The maximum Gasteiger partial charge on any atom is 0.339 e. The highest BCUT2D eigenvalue weighted by Gasteiger charge is 2.32. The monoisotopic (exact) mass is 398 g/mol. The molecule has 1 atom stereocenters. The Morgan fingerprint density at radius 1 is 1.33 bits per heavy atom. The molecule has 0 bridgehead atoms. The molecular weight excluding hydrogens is 372 g/mol. The molecule has 1 aliphatic rings. The van der Waals surface area contributed by atoms with E-state index in [1.165, 1.54) is 0 Å². The predicted octanol–water partition coefficient (Wildman–Crippen LogP) is 3.68. The van der Waals surface area contributed by atoms with Gasteiger partial charge in [-0.1, -0.05) is 13.8 Å². The molecule has 0 aliphatic carbocycles. The summed E-state index contributed by atoms with van der Waals surface area (Å²) in [6.07, 6.45) is 0.808. The van der Waals surface area contributed by atoms with Crippen molar-refractivity contribution in [3.8, 4) is 0 Å². The number of nitrogens with zero attached hydrogens (tertiary/aromatic N) is 2. The van der Waals surface area contributed by atoms with E-state index in [2.05, 4.69) is 39.7 Å². The van der Waals surface area contributed by atoms with Crippen LogP contribution in [0.1, 0.15) is 56.7 Å². The Hall–Kier alpha value is -1.14. The minimum Gasteiger partial charge on any atom is -0.464 e. The predicted molar refractivity (Wildman–Crippen MR) is 98.2 cm³/mol. The molecule has 1 N–H and O–H groups in total. The molecule has 2 rings (SSSR count). The molecule has 24 heavy (non-hydrogen) atoms. The highest BCUT2D eigenvalue weighted by atomic mass is 79.9. The van der Waals surface area contributed by atoms with E-state index >= 15 is 0 Å². The third-order valence-electron chi connectivity index (χ3n) is 4.72. The third-order valence-corrected chi connectivity index (χ3v) is 5.67. The van der Waals surface area contributed by atoms with Gasteiger partial charge in [-0.2, -0.15) is 0 Å². The lowest BCUT2D eigenvalue weighted by Crippen LogP contribution is -2.38. The molecule has 1 unspecified atom stereocenters. The number of rotatable bonds is 4. The largest absolute Gasteiger partial charge is 0.464 e. The minimum absolute atomic E-state index is 0.239. The van der Waals surface area contributed by atoms with Gasteiger partial charge in [0, 0.05) is 24.3 Å². The van der Waals surface area contributed by atoms with Crippen LogP contribution in [0.25, 0.3) is 0 Å². The molecule has 0 radical (unpaired) electrons. The molecule has 1 fully saturated rings. The summed E-state index contributed by atoms with van der Waals surface area (Å²) in [5.74, 6) is -0.628. The first kappa shape index (κ1) is 19.2. The third kappa shape index (κ3) is 3.91. The van der Waals surface area contributed by atoms with Gasteiger partial charge in [0.15, 0.2) is 6.10 Å². The highest BCUT2D eigenvalue weighted by molar-refractivity contribution is 9.10. The fourth-order valence-electron chi connectivity index (χ4n) is 3.13. The van der Waals surface area contributed by atoms with Crippen LogP contribution in [-0.4, -0.2) is 35.8 Å². The maximum absolute atomic E-state index is 12.1. The van der Waals surface area contributed by atoms with Gasteiger partial charge in [0.05, 0.1) is 22.5 Å². The number of hydrogen-bond acceptors (Lipinski definition) is 5. The number of aliphatic hydroxyl groups excluding tert-OH is 1. The van der Waals surface area contributed by atoms with E-state index in [0.717, 1.165) is 41.8 Å². The van der Waals surface area contributed by atoms with Crippen molar-refractivity contribution in [2.24, 2.45) is 5.41 Å². The summed E-state index contributed by atoms with van der Waals surface area (Å²) in [5.41, 5.74) is 3.25. The Morgan fingerprint density at radius 3 is 2.46 bits per heavy atom. The fraction of sp³-hybridized carbons (Fsp3) is 0.667. The number of hydrogen-bond donors (Lipinski definition) is 1. The van der Waals surface area contributed by atoms with E-state index in [9.17, 15) is 9.90 Å². The molecule has 0 amide bonds. The highest BCUT2D eigenvalue weighted by Crippen LogP contribution is 2.41. The first-order valence-corrected chi connectivity index (χ1v) is 9.23. The van der Waals surface area contributed by atoms with Gasteiger partial charge in [0.1, 0.15) is 0 Å². The summed E-state index contributed by atoms with van der Waals surface area (Å²) >= 11 is 3.62. The van der Waals surface area contributed by atoms with Crippen molar-refractivity contribution in [3.05, 3.63) is 21.4 Å². The number of anilines is 1. The van der Waals surface area contributed by atoms with Gasteiger partial charge in [0.2, 0.25) is 0 Å². The first-order valence-electron chi connectivity index (χ1n) is 8.44. The minimum atomic E-state index is -1.32. The maximum atomic E-state index is 12.1. The van der Waals surface area contributed by atoms with Crippen molar-refractivity contribution in [2.45, 2.75) is 53.6 Å². The van der Waals surface area contributed by atoms with Crippen molar-refractivity contribution in [1.82, 2.24) is 4.98 Å². The van der Waals surface area contributed by atoms with Crippen molar-refractivity contribution in [2.75, 3.05) is 24.6 Å². The zero-order valence-corrected chi connectivity index (χ0v) is 16.7. The number of aliphatic hydroxyl groups is 1. The SMILES string of the molecule is CCOC(=O)C(O)c1c(C)nc(C)c(Br)c1N1CCC(C)(C)CC1. The molecule has 1 aromatic rings. The summed E-state index contributed by atoms with van der Waals surface area (Å²) < 4.78 is 5.85. The van der Waals surface area contributed by atoms with E-state index in [4.69, 9.17) is 4.74 Å². The molecule has 0 saturated carbocycles. The van der Waals surface area contributed by atoms with Gasteiger partial charge in [-0.15, -0.1) is 0 Å². The summed E-state index contributed by atoms with van der Waals surface area (Å²) in [6, 6.07) is 0. The second-order valence-corrected chi connectivity index (χ2v) is 7.96. The van der Waals surface area contributed by atoms with Crippen LogP contribution >= 0.6 is 15.9 Å². The molecule has 1 saturated heterocycles. The topological polar surface area (TPSA) is 62.7 Å². The van der Waals surface area contributed by atoms with Gasteiger partial charge in [0.25, 0.3) is 0 Å². The number of ether oxygens (including phenoxy) is 1. The number of aryl methyl sites for hydroxylation is 2. The average Bonchev–Trinajstić information content (AvgIpc) is 2.50. The molecule has 134 valence electrons. The Kier molecular flexibility index (Phi) is 5.91. The molecule has 5 nitrogen and oxygen atoms in total. The number of carbonyl (C=O) groups is 1. The van der Waals surface area contributed by atoms with Crippen LogP contribution in [0.15, 0.2) is 4.47 Å². The van der Waals surface area contributed by atoms with Gasteiger partial charge >= 0.3 is 5.97 Å². The Balaban J connectivity index is 2.47. The van der Waals surface area contributed by atoms with Gasteiger partial charge < -0.3 is 14.7 Å². The quantitative estimate of drug-likeness (QED) is 0.783. The number of halogens is 1. The number of piperidine rings is 1. The summed E-state index contributed by atoms with van der Waals surface area (Å²) in [4.78, 5) is 18.8. The van der Waals surface area contributed by atoms with E-state index in [0.29, 0.717) is 16.7 Å². The number of pyridine rings is 1. The summed E-state index contributed by atoms with van der Waals surface area (Å²) in [6.45, 7) is 12.0. The Morgan fingerprint density at radius 2 is 1.92 bits per heavy atom. The zero-order chi connectivity index (χ0) is 18.1. The lowest BCUT2D eigenvalue weighted by atomic mass is 9.82. The molecule has 0 spiro atoms. The second kappa shape index (κ2) is 7.40. The van der Waals surface area contributed by atoms with Crippen molar-refractivity contribution in [1.29, 1.82) is 0 Å². The van der Waals surface area contributed by atoms with Crippen molar-refractivity contribution in [3.63, 3.8) is 0 Å². The second-order valence-electron chi connectivity index (χ2n) is 7.16.